The van der Waals surface area contributed by atoms with E-state index in [2.05, 4.69) is 5.32 Å². The summed E-state index contributed by atoms with van der Waals surface area (Å²) >= 11 is 1.78. The van der Waals surface area contributed by atoms with Gasteiger partial charge in [-0.2, -0.15) is 0 Å². The number of nitrogens with one attached hydrogen (secondary N) is 1. The highest BCUT2D eigenvalue weighted by Crippen LogP contribution is 2.37. The average Bonchev–Trinajstić information content (AvgIpc) is 2.36. The molecule has 1 aliphatic heterocycles. The third kappa shape index (κ3) is 2.16. The molecule has 1 unspecified atom stereocenters. The maximum Gasteiger partial charge on any atom is 0.236 e. The largest absolute Gasteiger partial charge is 0.353 e. The predicted molar refractivity (Wildman–Crippen MR) is 53.4 cm³/mol. The van der Waals surface area contributed by atoms with Crippen molar-refractivity contribution in [2.75, 3.05) is 5.75 Å². The van der Waals surface area contributed by atoms with Gasteiger partial charge in [-0.3, -0.25) is 4.79 Å². The van der Waals surface area contributed by atoms with Crippen molar-refractivity contribution in [3.63, 3.8) is 0 Å². The predicted octanol–water partition coefficient (Wildman–Crippen LogP) is 1.80. The molecule has 1 aliphatic rings. The zero-order valence-corrected chi connectivity index (χ0v) is 8.83. The minimum absolute atomic E-state index is 0.149. The fraction of sp³-hybridized carbons (Fsp3) is 0.889. The Morgan fingerprint density at radius 2 is 2.25 bits per heavy atom. The number of thioether (sulfide) groups is 1. The quantitative estimate of drug-likeness (QED) is 0.714. The van der Waals surface area contributed by atoms with E-state index in [0.717, 1.165) is 12.2 Å². The van der Waals surface area contributed by atoms with Gasteiger partial charge in [-0.05, 0) is 39.4 Å². The van der Waals surface area contributed by atoms with Gasteiger partial charge in [0.25, 0.3) is 0 Å². The van der Waals surface area contributed by atoms with Crippen LogP contribution in [0.4, 0.5) is 0 Å². The van der Waals surface area contributed by atoms with Gasteiger partial charge in [-0.1, -0.05) is 0 Å². The summed E-state index contributed by atoms with van der Waals surface area (Å²) in [5.74, 6) is 1.34. The Kier molecular flexibility index (Phi) is 3.04. The molecule has 3 heteroatoms. The van der Waals surface area contributed by atoms with Crippen LogP contribution in [0.25, 0.3) is 0 Å². The molecule has 1 amide bonds. The first-order valence-corrected chi connectivity index (χ1v) is 5.48. The molecule has 70 valence electrons. The second-order valence-electron chi connectivity index (χ2n) is 3.81. The van der Waals surface area contributed by atoms with E-state index < -0.39 is 0 Å². The van der Waals surface area contributed by atoms with Crippen molar-refractivity contribution in [3.8, 4) is 0 Å². The number of rotatable bonds is 2. The smallest absolute Gasteiger partial charge is 0.236 e. The van der Waals surface area contributed by atoms with Gasteiger partial charge in [0.05, 0.1) is 4.75 Å². The van der Waals surface area contributed by atoms with E-state index >= 15 is 0 Å². The van der Waals surface area contributed by atoms with Gasteiger partial charge in [0.15, 0.2) is 0 Å². The molecule has 2 nitrogen and oxygen atoms in total. The van der Waals surface area contributed by atoms with Gasteiger partial charge in [0.1, 0.15) is 0 Å². The summed E-state index contributed by atoms with van der Waals surface area (Å²) in [7, 11) is 0. The van der Waals surface area contributed by atoms with Crippen LogP contribution in [0.5, 0.6) is 0 Å². The van der Waals surface area contributed by atoms with Gasteiger partial charge in [-0.15, -0.1) is 11.8 Å². The molecule has 0 aromatic carbocycles. The minimum Gasteiger partial charge on any atom is -0.353 e. The number of hydrogen-bond donors (Lipinski definition) is 1. The van der Waals surface area contributed by atoms with E-state index in [0.29, 0.717) is 0 Å². The monoisotopic (exact) mass is 187 g/mol. The summed E-state index contributed by atoms with van der Waals surface area (Å²) in [6.07, 6.45) is 2.20. The Morgan fingerprint density at radius 1 is 1.58 bits per heavy atom. The van der Waals surface area contributed by atoms with Crippen molar-refractivity contribution in [1.29, 1.82) is 0 Å². The van der Waals surface area contributed by atoms with Crippen LogP contribution in [-0.2, 0) is 4.79 Å². The highest BCUT2D eigenvalue weighted by molar-refractivity contribution is 8.01. The van der Waals surface area contributed by atoms with E-state index in [4.69, 9.17) is 0 Å². The molecule has 0 saturated carbocycles. The second kappa shape index (κ2) is 3.69. The number of amides is 1. The van der Waals surface area contributed by atoms with Crippen LogP contribution in [-0.4, -0.2) is 22.4 Å². The van der Waals surface area contributed by atoms with E-state index in [9.17, 15) is 4.79 Å². The molecule has 1 rings (SSSR count). The zero-order valence-electron chi connectivity index (χ0n) is 8.02. The molecular formula is C9H17NOS. The van der Waals surface area contributed by atoms with Crippen molar-refractivity contribution in [1.82, 2.24) is 5.32 Å². The molecule has 1 N–H and O–H groups in total. The van der Waals surface area contributed by atoms with Crippen molar-refractivity contribution in [2.45, 2.75) is 44.4 Å². The van der Waals surface area contributed by atoms with Crippen LogP contribution < -0.4 is 5.32 Å². The number of carbonyl (C=O) groups excluding carboxylic acids is 1. The maximum atomic E-state index is 11.6. The Hall–Kier alpha value is -0.180. The van der Waals surface area contributed by atoms with E-state index in [-0.39, 0.29) is 16.7 Å². The van der Waals surface area contributed by atoms with Crippen LogP contribution in [0.1, 0.15) is 33.6 Å². The summed E-state index contributed by atoms with van der Waals surface area (Å²) < 4.78 is -0.149. The molecule has 0 aromatic rings. The van der Waals surface area contributed by atoms with Crippen LogP contribution >= 0.6 is 11.8 Å². The molecule has 1 heterocycles. The number of carbonyl (C=O) groups is 1. The molecule has 0 bridgehead atoms. The molecule has 0 aromatic heterocycles. The molecule has 12 heavy (non-hydrogen) atoms. The fourth-order valence-corrected chi connectivity index (χ4v) is 2.59. The van der Waals surface area contributed by atoms with Gasteiger partial charge in [0.2, 0.25) is 5.91 Å². The SMILES string of the molecule is CC(C)NC(=O)C1(C)CCCS1. The number of hydrogen-bond acceptors (Lipinski definition) is 2. The first-order chi connectivity index (χ1) is 5.54. The summed E-state index contributed by atoms with van der Waals surface area (Å²) in [6.45, 7) is 6.05. The average molecular weight is 187 g/mol. The van der Waals surface area contributed by atoms with E-state index in [1.807, 2.05) is 20.8 Å². The Bertz CT molecular complexity index is 173. The third-order valence-corrected chi connectivity index (χ3v) is 3.64. The lowest BCUT2D eigenvalue weighted by molar-refractivity contribution is -0.123. The van der Waals surface area contributed by atoms with Gasteiger partial charge in [0, 0.05) is 6.04 Å². The first-order valence-electron chi connectivity index (χ1n) is 4.49. The van der Waals surface area contributed by atoms with Crippen molar-refractivity contribution in [3.05, 3.63) is 0 Å². The molecule has 1 saturated heterocycles. The molecular weight excluding hydrogens is 170 g/mol. The standard InChI is InChI=1S/C9H17NOS/c1-7(2)10-8(11)9(3)5-4-6-12-9/h7H,4-6H2,1-3H3,(H,10,11). The molecule has 0 aliphatic carbocycles. The van der Waals surface area contributed by atoms with Crippen molar-refractivity contribution >= 4 is 17.7 Å². The lowest BCUT2D eigenvalue weighted by Crippen LogP contribution is -2.43. The molecule has 1 fully saturated rings. The third-order valence-electron chi connectivity index (χ3n) is 2.12. The maximum absolute atomic E-state index is 11.6. The van der Waals surface area contributed by atoms with E-state index in [1.165, 1.54) is 6.42 Å². The Balaban J connectivity index is 2.50. The molecule has 0 spiro atoms. The summed E-state index contributed by atoms with van der Waals surface area (Å²) in [6, 6.07) is 0.260. The van der Waals surface area contributed by atoms with Crippen molar-refractivity contribution in [2.24, 2.45) is 0 Å². The topological polar surface area (TPSA) is 29.1 Å². The van der Waals surface area contributed by atoms with Crippen LogP contribution in [0.2, 0.25) is 0 Å². The zero-order chi connectivity index (χ0) is 9.19. The van der Waals surface area contributed by atoms with Gasteiger partial charge < -0.3 is 5.32 Å². The highest BCUT2D eigenvalue weighted by Gasteiger charge is 2.37. The lowest BCUT2D eigenvalue weighted by atomic mass is 10.0. The van der Waals surface area contributed by atoms with Crippen LogP contribution in [0, 0.1) is 0 Å². The minimum atomic E-state index is -0.149. The Labute approximate surface area is 78.5 Å². The summed E-state index contributed by atoms with van der Waals surface area (Å²) in [5.41, 5.74) is 0. The molecule has 0 radical (unpaired) electrons. The second-order valence-corrected chi connectivity index (χ2v) is 5.41. The highest BCUT2D eigenvalue weighted by atomic mass is 32.2. The van der Waals surface area contributed by atoms with Gasteiger partial charge in [-0.25, -0.2) is 0 Å². The normalized spacial score (nSPS) is 29.3. The van der Waals surface area contributed by atoms with E-state index in [1.54, 1.807) is 11.8 Å². The summed E-state index contributed by atoms with van der Waals surface area (Å²) in [5, 5.41) is 2.97. The van der Waals surface area contributed by atoms with Crippen LogP contribution in [0.3, 0.4) is 0 Å². The summed E-state index contributed by atoms with van der Waals surface area (Å²) in [4.78, 5) is 11.6. The lowest BCUT2D eigenvalue weighted by Gasteiger charge is -2.22. The van der Waals surface area contributed by atoms with Crippen LogP contribution in [0.15, 0.2) is 0 Å². The van der Waals surface area contributed by atoms with Crippen molar-refractivity contribution < 1.29 is 4.79 Å². The van der Waals surface area contributed by atoms with Gasteiger partial charge >= 0.3 is 0 Å². The molecule has 1 atom stereocenters. The first kappa shape index (κ1) is 9.90. The Morgan fingerprint density at radius 3 is 2.67 bits per heavy atom. The fourth-order valence-electron chi connectivity index (χ4n) is 1.37.